The van der Waals surface area contributed by atoms with Gasteiger partial charge in [0.2, 0.25) is 0 Å². The minimum Gasteiger partial charge on any atom is -0.484 e. The van der Waals surface area contributed by atoms with Gasteiger partial charge in [-0.1, -0.05) is 0 Å². The first-order chi connectivity index (χ1) is 7.65. The standard InChI is InChI=1S/C12H18N2O2/c1-12(15-2)7-3-6-10(12)16-9-5-4-8-14-11(9)13/h4-5,8,10H,3,6-7H2,1-2H3,(H2,13,14). The summed E-state index contributed by atoms with van der Waals surface area (Å²) < 4.78 is 11.4. The molecule has 1 fully saturated rings. The van der Waals surface area contributed by atoms with Crippen LogP contribution in [-0.4, -0.2) is 23.8 Å². The van der Waals surface area contributed by atoms with Crippen LogP contribution in [0.3, 0.4) is 0 Å². The highest BCUT2D eigenvalue weighted by molar-refractivity contribution is 5.44. The average molecular weight is 222 g/mol. The lowest BCUT2D eigenvalue weighted by Gasteiger charge is -2.30. The molecule has 2 rings (SSSR count). The minimum atomic E-state index is -0.206. The van der Waals surface area contributed by atoms with Gasteiger partial charge in [-0.25, -0.2) is 4.98 Å². The normalized spacial score (nSPS) is 29.2. The average Bonchev–Trinajstić information content (AvgIpc) is 2.65. The van der Waals surface area contributed by atoms with Crippen molar-refractivity contribution < 1.29 is 9.47 Å². The van der Waals surface area contributed by atoms with Gasteiger partial charge < -0.3 is 15.2 Å². The molecule has 0 aromatic carbocycles. The molecule has 0 spiro atoms. The number of nitrogens with two attached hydrogens (primary N) is 1. The molecule has 1 aromatic rings. The number of anilines is 1. The van der Waals surface area contributed by atoms with Gasteiger partial charge in [0.05, 0.1) is 0 Å². The smallest absolute Gasteiger partial charge is 0.166 e. The van der Waals surface area contributed by atoms with E-state index in [4.69, 9.17) is 15.2 Å². The van der Waals surface area contributed by atoms with Crippen molar-refractivity contribution >= 4 is 5.82 Å². The predicted molar refractivity (Wildman–Crippen MR) is 62.3 cm³/mol. The maximum atomic E-state index is 5.90. The number of aromatic nitrogens is 1. The first-order valence-corrected chi connectivity index (χ1v) is 5.58. The second-order valence-corrected chi connectivity index (χ2v) is 4.40. The number of methoxy groups -OCH3 is 1. The van der Waals surface area contributed by atoms with Gasteiger partial charge in [-0.3, -0.25) is 0 Å². The molecule has 0 bridgehead atoms. The summed E-state index contributed by atoms with van der Waals surface area (Å²) in [5.41, 5.74) is 5.55. The summed E-state index contributed by atoms with van der Waals surface area (Å²) in [7, 11) is 1.73. The third-order valence-electron chi connectivity index (χ3n) is 3.36. The highest BCUT2D eigenvalue weighted by Crippen LogP contribution is 2.36. The molecule has 0 radical (unpaired) electrons. The fraction of sp³-hybridized carbons (Fsp3) is 0.583. The number of hydrogen-bond acceptors (Lipinski definition) is 4. The van der Waals surface area contributed by atoms with E-state index in [0.717, 1.165) is 19.3 Å². The molecule has 0 saturated heterocycles. The summed E-state index contributed by atoms with van der Waals surface area (Å²) in [4.78, 5) is 4.01. The van der Waals surface area contributed by atoms with Crippen molar-refractivity contribution in [3.8, 4) is 5.75 Å². The third kappa shape index (κ3) is 1.97. The summed E-state index contributed by atoms with van der Waals surface area (Å²) in [5.74, 6) is 1.09. The van der Waals surface area contributed by atoms with Crippen LogP contribution in [0.2, 0.25) is 0 Å². The Labute approximate surface area is 95.8 Å². The molecule has 16 heavy (non-hydrogen) atoms. The van der Waals surface area contributed by atoms with Gasteiger partial charge in [-0.05, 0) is 38.3 Å². The zero-order valence-corrected chi connectivity index (χ0v) is 9.77. The number of nitrogen functional groups attached to an aromatic ring is 1. The summed E-state index contributed by atoms with van der Waals surface area (Å²) in [6, 6.07) is 3.67. The maximum absolute atomic E-state index is 5.90. The highest BCUT2D eigenvalue weighted by atomic mass is 16.5. The molecular formula is C12H18N2O2. The van der Waals surface area contributed by atoms with Gasteiger partial charge in [0.15, 0.2) is 11.6 Å². The van der Waals surface area contributed by atoms with Crippen molar-refractivity contribution in [1.82, 2.24) is 4.98 Å². The van der Waals surface area contributed by atoms with Gasteiger partial charge in [0.25, 0.3) is 0 Å². The van der Waals surface area contributed by atoms with Crippen molar-refractivity contribution in [3.63, 3.8) is 0 Å². The molecule has 2 N–H and O–H groups in total. The predicted octanol–water partition coefficient (Wildman–Crippen LogP) is 2.00. The van der Waals surface area contributed by atoms with Gasteiger partial charge in [-0.2, -0.15) is 0 Å². The van der Waals surface area contributed by atoms with Crippen molar-refractivity contribution in [1.29, 1.82) is 0 Å². The molecular weight excluding hydrogens is 204 g/mol. The van der Waals surface area contributed by atoms with E-state index in [0.29, 0.717) is 11.6 Å². The second-order valence-electron chi connectivity index (χ2n) is 4.40. The molecule has 1 heterocycles. The highest BCUT2D eigenvalue weighted by Gasteiger charge is 2.41. The Morgan fingerprint density at radius 1 is 1.56 bits per heavy atom. The molecule has 4 nitrogen and oxygen atoms in total. The van der Waals surface area contributed by atoms with E-state index in [-0.39, 0.29) is 11.7 Å². The molecule has 1 aliphatic carbocycles. The molecule has 1 aromatic heterocycles. The topological polar surface area (TPSA) is 57.4 Å². The molecule has 0 amide bonds. The SMILES string of the molecule is COC1(C)CCCC1Oc1cccnc1N. The third-order valence-corrected chi connectivity index (χ3v) is 3.36. The van der Waals surface area contributed by atoms with Crippen LogP contribution in [0, 0.1) is 0 Å². The molecule has 0 aliphatic heterocycles. The van der Waals surface area contributed by atoms with Gasteiger partial charge in [0, 0.05) is 13.3 Å². The lowest BCUT2D eigenvalue weighted by molar-refractivity contribution is -0.0589. The van der Waals surface area contributed by atoms with Crippen molar-refractivity contribution in [2.45, 2.75) is 37.9 Å². The number of nitrogens with zero attached hydrogens (tertiary/aromatic N) is 1. The fourth-order valence-electron chi connectivity index (χ4n) is 2.18. The van der Waals surface area contributed by atoms with Crippen molar-refractivity contribution in [3.05, 3.63) is 18.3 Å². The first kappa shape index (κ1) is 11.2. The monoisotopic (exact) mass is 222 g/mol. The molecule has 2 atom stereocenters. The lowest BCUT2D eigenvalue weighted by Crippen LogP contribution is -2.40. The Bertz CT molecular complexity index is 370. The molecule has 1 aliphatic rings. The van der Waals surface area contributed by atoms with E-state index in [9.17, 15) is 0 Å². The van der Waals surface area contributed by atoms with Crippen LogP contribution < -0.4 is 10.5 Å². The summed E-state index contributed by atoms with van der Waals surface area (Å²) >= 11 is 0. The van der Waals surface area contributed by atoms with Gasteiger partial charge >= 0.3 is 0 Å². The Balaban J connectivity index is 2.13. The van der Waals surface area contributed by atoms with E-state index in [2.05, 4.69) is 11.9 Å². The van der Waals surface area contributed by atoms with E-state index >= 15 is 0 Å². The van der Waals surface area contributed by atoms with Crippen LogP contribution in [0.25, 0.3) is 0 Å². The van der Waals surface area contributed by atoms with Crippen LogP contribution >= 0.6 is 0 Å². The van der Waals surface area contributed by atoms with Crippen LogP contribution in [0.15, 0.2) is 18.3 Å². The number of hydrogen-bond donors (Lipinski definition) is 1. The van der Waals surface area contributed by atoms with Gasteiger partial charge in [-0.15, -0.1) is 0 Å². The quantitative estimate of drug-likeness (QED) is 0.849. The Hall–Kier alpha value is -1.29. The van der Waals surface area contributed by atoms with E-state index in [1.165, 1.54) is 0 Å². The van der Waals surface area contributed by atoms with Crippen LogP contribution in [0.5, 0.6) is 5.75 Å². The zero-order chi connectivity index (χ0) is 11.6. The fourth-order valence-corrected chi connectivity index (χ4v) is 2.18. The van der Waals surface area contributed by atoms with Gasteiger partial charge in [0.1, 0.15) is 11.7 Å². The maximum Gasteiger partial charge on any atom is 0.166 e. The molecule has 1 saturated carbocycles. The zero-order valence-electron chi connectivity index (χ0n) is 9.77. The van der Waals surface area contributed by atoms with Crippen molar-refractivity contribution in [2.24, 2.45) is 0 Å². The van der Waals surface area contributed by atoms with Crippen LogP contribution in [-0.2, 0) is 4.74 Å². The van der Waals surface area contributed by atoms with E-state index in [1.54, 1.807) is 13.3 Å². The van der Waals surface area contributed by atoms with E-state index < -0.39 is 0 Å². The summed E-state index contributed by atoms with van der Waals surface area (Å²) in [6.45, 7) is 2.08. The van der Waals surface area contributed by atoms with E-state index in [1.807, 2.05) is 12.1 Å². The van der Waals surface area contributed by atoms with Crippen molar-refractivity contribution in [2.75, 3.05) is 12.8 Å². The largest absolute Gasteiger partial charge is 0.484 e. The number of rotatable bonds is 3. The van der Waals surface area contributed by atoms with Crippen LogP contribution in [0.4, 0.5) is 5.82 Å². The molecule has 88 valence electrons. The summed E-state index contributed by atoms with van der Waals surface area (Å²) in [6.07, 6.45) is 4.86. The Morgan fingerprint density at radius 3 is 3.06 bits per heavy atom. The summed E-state index contributed by atoms with van der Waals surface area (Å²) in [5, 5.41) is 0. The van der Waals surface area contributed by atoms with Crippen LogP contribution in [0.1, 0.15) is 26.2 Å². The lowest BCUT2D eigenvalue weighted by atomic mass is 10.0. The molecule has 4 heteroatoms. The second kappa shape index (κ2) is 4.29. The molecule has 2 unspecified atom stereocenters. The Kier molecular flexibility index (Phi) is 3.01. The number of ether oxygens (including phenoxy) is 2. The Morgan fingerprint density at radius 2 is 2.38 bits per heavy atom. The first-order valence-electron chi connectivity index (χ1n) is 5.58. The number of pyridine rings is 1. The minimum absolute atomic E-state index is 0.0593.